The second-order valence-electron chi connectivity index (χ2n) is 12.6. The van der Waals surface area contributed by atoms with Crippen LogP contribution in [0.25, 0.3) is 38.9 Å². The zero-order valence-corrected chi connectivity index (χ0v) is 24.4. The number of para-hydroxylation sites is 1. The Labute approximate surface area is 241 Å². The van der Waals surface area contributed by atoms with Crippen molar-refractivity contribution >= 4 is 21.8 Å². The summed E-state index contributed by atoms with van der Waals surface area (Å²) >= 11 is 0. The molecule has 3 heterocycles. The van der Waals surface area contributed by atoms with Crippen molar-refractivity contribution < 1.29 is 9.84 Å². The molecule has 3 aromatic carbocycles. The summed E-state index contributed by atoms with van der Waals surface area (Å²) in [6.07, 6.45) is 1.82. The van der Waals surface area contributed by atoms with Crippen LogP contribution in [0.2, 0.25) is 0 Å². The first-order chi connectivity index (χ1) is 19.5. The highest BCUT2D eigenvalue weighted by atomic mass is 16.5. The van der Waals surface area contributed by atoms with Crippen LogP contribution in [-0.2, 0) is 10.8 Å². The van der Waals surface area contributed by atoms with Gasteiger partial charge in [0.25, 0.3) is 0 Å². The van der Waals surface area contributed by atoms with Crippen LogP contribution in [0.3, 0.4) is 0 Å². The molecule has 3 aromatic heterocycles. The van der Waals surface area contributed by atoms with Crippen LogP contribution >= 0.6 is 0 Å². The van der Waals surface area contributed by atoms with E-state index in [0.717, 1.165) is 22.4 Å². The van der Waals surface area contributed by atoms with Gasteiger partial charge in [0.15, 0.2) is 0 Å². The number of fused-ring (bicyclic) bond motifs is 3. The highest BCUT2D eigenvalue weighted by molar-refractivity contribution is 6.11. The minimum atomic E-state index is -0.148. The fraction of sp³-hybridized carbons (Fsp3) is 0.222. The number of rotatable bonds is 4. The quantitative estimate of drug-likeness (QED) is 0.242. The molecule has 0 aliphatic carbocycles. The van der Waals surface area contributed by atoms with Crippen molar-refractivity contribution in [3.05, 3.63) is 108 Å². The van der Waals surface area contributed by atoms with E-state index in [4.69, 9.17) is 14.7 Å². The van der Waals surface area contributed by atoms with Crippen LogP contribution in [0.1, 0.15) is 52.7 Å². The average molecular weight is 542 g/mol. The summed E-state index contributed by atoms with van der Waals surface area (Å²) < 4.78 is 8.68. The van der Waals surface area contributed by atoms with E-state index in [9.17, 15) is 5.11 Å². The number of pyridine rings is 2. The lowest BCUT2D eigenvalue weighted by Gasteiger charge is -2.22. The van der Waals surface area contributed by atoms with Crippen LogP contribution < -0.4 is 4.74 Å². The Kier molecular flexibility index (Phi) is 6.33. The molecule has 0 aliphatic heterocycles. The Morgan fingerprint density at radius 3 is 2.24 bits per heavy atom. The Morgan fingerprint density at radius 1 is 0.732 bits per heavy atom. The molecular formula is C36H35N3O2. The Hall–Kier alpha value is -4.64. The van der Waals surface area contributed by atoms with Crippen molar-refractivity contribution in [1.82, 2.24) is 14.5 Å². The molecule has 0 radical (unpaired) electrons. The van der Waals surface area contributed by atoms with Crippen LogP contribution in [0.5, 0.6) is 17.4 Å². The smallest absolute Gasteiger partial charge is 0.219 e. The molecule has 0 atom stereocenters. The first kappa shape index (κ1) is 26.6. The molecule has 0 fully saturated rings. The molecule has 0 saturated carbocycles. The summed E-state index contributed by atoms with van der Waals surface area (Å²) in [6, 6.07) is 30.0. The van der Waals surface area contributed by atoms with Crippen LogP contribution in [0, 0.1) is 0 Å². The Bertz CT molecular complexity index is 1890. The van der Waals surface area contributed by atoms with Crippen LogP contribution in [0.4, 0.5) is 0 Å². The van der Waals surface area contributed by atoms with Gasteiger partial charge in [0.1, 0.15) is 17.3 Å². The van der Waals surface area contributed by atoms with E-state index in [1.165, 1.54) is 16.3 Å². The topological polar surface area (TPSA) is 60.2 Å². The Morgan fingerprint density at radius 2 is 1.51 bits per heavy atom. The van der Waals surface area contributed by atoms with Crippen molar-refractivity contribution in [2.45, 2.75) is 52.4 Å². The van der Waals surface area contributed by atoms with Crippen molar-refractivity contribution in [2.24, 2.45) is 0 Å². The molecule has 41 heavy (non-hydrogen) atoms. The number of phenolic OH excluding ortho intramolecular Hbond substituents is 1. The summed E-state index contributed by atoms with van der Waals surface area (Å²) in [4.78, 5) is 9.51. The van der Waals surface area contributed by atoms with Gasteiger partial charge in [-0.2, -0.15) is 0 Å². The third kappa shape index (κ3) is 4.93. The molecule has 0 unspecified atom stereocenters. The average Bonchev–Trinajstić information content (AvgIpc) is 3.26. The molecule has 206 valence electrons. The lowest BCUT2D eigenvalue weighted by atomic mass is 9.84. The monoisotopic (exact) mass is 541 g/mol. The maximum absolute atomic E-state index is 10.7. The van der Waals surface area contributed by atoms with Gasteiger partial charge in [0.2, 0.25) is 5.88 Å². The number of phenols is 1. The summed E-state index contributed by atoms with van der Waals surface area (Å²) in [6.45, 7) is 13.1. The van der Waals surface area contributed by atoms with E-state index >= 15 is 0 Å². The number of hydrogen-bond acceptors (Lipinski definition) is 4. The van der Waals surface area contributed by atoms with Crippen molar-refractivity contribution in [1.29, 1.82) is 0 Å². The standard InChI is InChI=1S/C36H35N3O2/c1-35(2,3)23-17-18-31(40)26(20-23)28-13-11-16-33(38-28)41-24-21-27(36(4,5)6)34-25-12-7-8-14-29(25)39(30(34)22-24)32-15-9-10-19-37-32/h7-22,40H,1-6H3. The van der Waals surface area contributed by atoms with E-state index in [0.29, 0.717) is 22.9 Å². The third-order valence-corrected chi connectivity index (χ3v) is 7.52. The van der Waals surface area contributed by atoms with Gasteiger partial charge in [-0.25, -0.2) is 9.97 Å². The van der Waals surface area contributed by atoms with Crippen molar-refractivity contribution in [3.8, 4) is 34.5 Å². The minimum Gasteiger partial charge on any atom is -0.507 e. The summed E-state index contributed by atoms with van der Waals surface area (Å²) in [5.74, 6) is 2.20. The van der Waals surface area contributed by atoms with Gasteiger partial charge in [-0.1, -0.05) is 77.9 Å². The fourth-order valence-corrected chi connectivity index (χ4v) is 5.40. The lowest BCUT2D eigenvalue weighted by molar-refractivity contribution is 0.460. The first-order valence-electron chi connectivity index (χ1n) is 14.0. The van der Waals surface area contributed by atoms with Gasteiger partial charge in [-0.3, -0.25) is 4.57 Å². The van der Waals surface area contributed by atoms with E-state index in [1.807, 2.05) is 54.7 Å². The molecule has 0 amide bonds. The van der Waals surface area contributed by atoms with Crippen LogP contribution in [-0.4, -0.2) is 19.6 Å². The zero-order valence-electron chi connectivity index (χ0n) is 24.4. The predicted molar refractivity (Wildman–Crippen MR) is 167 cm³/mol. The normalized spacial score (nSPS) is 12.2. The summed E-state index contributed by atoms with van der Waals surface area (Å²) in [7, 11) is 0. The zero-order chi connectivity index (χ0) is 28.9. The SMILES string of the molecule is CC(C)(C)c1ccc(O)c(-c2cccc(Oc3cc(C(C)(C)C)c4c5ccccc5n(-c5ccccn5)c4c3)n2)c1. The van der Waals surface area contributed by atoms with Gasteiger partial charge < -0.3 is 9.84 Å². The number of aromatic nitrogens is 3. The Balaban J connectivity index is 1.52. The van der Waals surface area contributed by atoms with Gasteiger partial charge in [-0.15, -0.1) is 0 Å². The van der Waals surface area contributed by atoms with Crippen LogP contribution in [0.15, 0.2) is 97.2 Å². The predicted octanol–water partition coefficient (Wildman–Crippen LogP) is 9.33. The molecule has 0 bridgehead atoms. The highest BCUT2D eigenvalue weighted by Gasteiger charge is 2.24. The minimum absolute atomic E-state index is 0.0542. The second-order valence-corrected chi connectivity index (χ2v) is 12.6. The molecule has 1 N–H and O–H groups in total. The van der Waals surface area contributed by atoms with E-state index < -0.39 is 0 Å². The van der Waals surface area contributed by atoms with Gasteiger partial charge in [0, 0.05) is 34.7 Å². The summed E-state index contributed by atoms with van der Waals surface area (Å²) in [5, 5.41) is 13.1. The molecule has 0 spiro atoms. The highest BCUT2D eigenvalue weighted by Crippen LogP contribution is 2.42. The second kappa shape index (κ2) is 9.77. The number of benzene rings is 3. The van der Waals surface area contributed by atoms with Gasteiger partial charge in [0.05, 0.1) is 16.7 Å². The fourth-order valence-electron chi connectivity index (χ4n) is 5.40. The van der Waals surface area contributed by atoms with Gasteiger partial charge >= 0.3 is 0 Å². The number of hydrogen-bond donors (Lipinski definition) is 1. The third-order valence-electron chi connectivity index (χ3n) is 7.52. The van der Waals surface area contributed by atoms with Crippen molar-refractivity contribution in [2.75, 3.05) is 0 Å². The van der Waals surface area contributed by atoms with E-state index in [1.54, 1.807) is 6.07 Å². The molecular weight excluding hydrogens is 506 g/mol. The van der Waals surface area contributed by atoms with E-state index in [2.05, 4.69) is 82.5 Å². The number of aromatic hydroxyl groups is 1. The maximum Gasteiger partial charge on any atom is 0.219 e. The van der Waals surface area contributed by atoms with Gasteiger partial charge in [-0.05, 0) is 64.4 Å². The molecule has 0 saturated heterocycles. The largest absolute Gasteiger partial charge is 0.507 e. The molecule has 6 aromatic rings. The first-order valence-corrected chi connectivity index (χ1v) is 14.0. The molecule has 5 nitrogen and oxygen atoms in total. The van der Waals surface area contributed by atoms with E-state index in [-0.39, 0.29) is 16.6 Å². The number of nitrogens with zero attached hydrogens (tertiary/aromatic N) is 3. The maximum atomic E-state index is 10.7. The lowest BCUT2D eigenvalue weighted by Crippen LogP contribution is -2.12. The molecule has 5 heteroatoms. The summed E-state index contributed by atoms with van der Waals surface area (Å²) in [5.41, 5.74) is 5.57. The molecule has 0 aliphatic rings. The number of ether oxygens (including phenoxy) is 1. The van der Waals surface area contributed by atoms with Crippen molar-refractivity contribution in [3.63, 3.8) is 0 Å². The molecule has 6 rings (SSSR count).